The van der Waals surface area contributed by atoms with Gasteiger partial charge in [-0.05, 0) is 30.2 Å². The molecule has 4 nitrogen and oxygen atoms in total. The number of rotatable bonds is 4. The molecule has 0 aliphatic carbocycles. The molecule has 3 rings (SSSR count). The lowest BCUT2D eigenvalue weighted by molar-refractivity contribution is 0.0927. The number of carbonyl (C=O) groups is 1. The smallest absolute Gasteiger partial charge is 0.261 e. The highest BCUT2D eigenvalue weighted by atomic mass is 35.5. The van der Waals surface area contributed by atoms with Crippen LogP contribution in [0.5, 0.6) is 0 Å². The number of aromatic nitrogens is 2. The van der Waals surface area contributed by atoms with Gasteiger partial charge in [0.1, 0.15) is 5.82 Å². The molecule has 0 bridgehead atoms. The van der Waals surface area contributed by atoms with Gasteiger partial charge in [0, 0.05) is 0 Å². The van der Waals surface area contributed by atoms with Crippen molar-refractivity contribution in [3.05, 3.63) is 51.4 Å². The highest BCUT2D eigenvalue weighted by Gasteiger charge is 2.23. The molecule has 2 heterocycles. The molecule has 6 heteroatoms. The van der Waals surface area contributed by atoms with Crippen LogP contribution in [-0.2, 0) is 0 Å². The number of benzene rings is 1. The second kappa shape index (κ2) is 6.10. The van der Waals surface area contributed by atoms with E-state index in [2.05, 4.69) is 29.1 Å². The van der Waals surface area contributed by atoms with E-state index in [1.165, 1.54) is 11.3 Å². The number of imidazole rings is 1. The van der Waals surface area contributed by atoms with E-state index in [1.807, 2.05) is 24.3 Å². The lowest BCUT2D eigenvalue weighted by Gasteiger charge is -2.19. The normalized spacial score (nSPS) is 12.7. The van der Waals surface area contributed by atoms with E-state index in [1.54, 1.807) is 12.1 Å². The summed E-state index contributed by atoms with van der Waals surface area (Å²) in [6.07, 6.45) is 0. The van der Waals surface area contributed by atoms with Gasteiger partial charge in [-0.1, -0.05) is 37.6 Å². The van der Waals surface area contributed by atoms with Crippen molar-refractivity contribution in [1.29, 1.82) is 0 Å². The monoisotopic (exact) mass is 333 g/mol. The number of nitrogens with one attached hydrogen (secondary N) is 2. The predicted molar refractivity (Wildman–Crippen MR) is 90.5 cm³/mol. The van der Waals surface area contributed by atoms with E-state index in [4.69, 9.17) is 11.6 Å². The third-order valence-corrected chi connectivity index (χ3v) is 4.68. The molecule has 2 aromatic heterocycles. The fourth-order valence-corrected chi connectivity index (χ4v) is 3.27. The molecule has 114 valence electrons. The number of amides is 1. The van der Waals surface area contributed by atoms with E-state index in [0.717, 1.165) is 16.9 Å². The predicted octanol–water partition coefficient (Wildman–Crippen LogP) is 4.40. The lowest BCUT2D eigenvalue weighted by Crippen LogP contribution is -2.32. The number of carbonyl (C=O) groups excluding carboxylic acids is 1. The summed E-state index contributed by atoms with van der Waals surface area (Å²) >= 11 is 7.17. The first-order valence-electron chi connectivity index (χ1n) is 7.05. The molecule has 1 aromatic carbocycles. The van der Waals surface area contributed by atoms with Crippen molar-refractivity contribution in [1.82, 2.24) is 15.3 Å². The van der Waals surface area contributed by atoms with E-state index in [9.17, 15) is 4.79 Å². The maximum absolute atomic E-state index is 12.4. The van der Waals surface area contributed by atoms with Crippen molar-refractivity contribution in [3.63, 3.8) is 0 Å². The van der Waals surface area contributed by atoms with Gasteiger partial charge < -0.3 is 10.3 Å². The lowest BCUT2D eigenvalue weighted by atomic mass is 10.0. The summed E-state index contributed by atoms with van der Waals surface area (Å²) < 4.78 is 0.606. The van der Waals surface area contributed by atoms with Crippen molar-refractivity contribution in [2.24, 2.45) is 5.92 Å². The number of hydrogen-bond donors (Lipinski definition) is 2. The average molecular weight is 334 g/mol. The summed E-state index contributed by atoms with van der Waals surface area (Å²) in [5, 5.41) is 3.04. The Labute approximate surface area is 137 Å². The fraction of sp³-hybridized carbons (Fsp3) is 0.250. The van der Waals surface area contributed by atoms with E-state index >= 15 is 0 Å². The van der Waals surface area contributed by atoms with E-state index in [-0.39, 0.29) is 17.9 Å². The Morgan fingerprint density at radius 1 is 1.27 bits per heavy atom. The standard InChI is InChI=1S/C16H16ClN3OS/c1-9(2)14(20-16(21)12-7-8-13(17)22-12)15-18-10-5-3-4-6-11(10)19-15/h3-9,14H,1-2H3,(H,18,19)(H,20,21). The Bertz CT molecular complexity index is 775. The minimum Gasteiger partial charge on any atom is -0.341 e. The number of para-hydroxylation sites is 2. The third-order valence-electron chi connectivity index (χ3n) is 3.45. The molecule has 0 saturated heterocycles. The molecule has 2 N–H and O–H groups in total. The van der Waals surface area contributed by atoms with E-state index in [0.29, 0.717) is 9.21 Å². The minimum atomic E-state index is -0.180. The van der Waals surface area contributed by atoms with Crippen LogP contribution in [0.2, 0.25) is 4.34 Å². The average Bonchev–Trinajstić information content (AvgIpc) is 3.09. The van der Waals surface area contributed by atoms with Crippen LogP contribution in [-0.4, -0.2) is 15.9 Å². The van der Waals surface area contributed by atoms with Crippen molar-refractivity contribution in [2.75, 3.05) is 0 Å². The maximum atomic E-state index is 12.4. The highest BCUT2D eigenvalue weighted by molar-refractivity contribution is 7.17. The van der Waals surface area contributed by atoms with Crippen molar-refractivity contribution in [3.8, 4) is 0 Å². The van der Waals surface area contributed by atoms with Crippen molar-refractivity contribution in [2.45, 2.75) is 19.9 Å². The van der Waals surface area contributed by atoms with Gasteiger partial charge >= 0.3 is 0 Å². The van der Waals surface area contributed by atoms with Gasteiger partial charge in [0.25, 0.3) is 5.91 Å². The molecule has 1 amide bonds. The molecular weight excluding hydrogens is 318 g/mol. The molecule has 3 aromatic rings. The molecule has 0 radical (unpaired) electrons. The first kappa shape index (κ1) is 15.1. The zero-order valence-electron chi connectivity index (χ0n) is 12.3. The van der Waals surface area contributed by atoms with Crippen LogP contribution in [0.25, 0.3) is 11.0 Å². The molecule has 0 aliphatic heterocycles. The maximum Gasteiger partial charge on any atom is 0.261 e. The van der Waals surface area contributed by atoms with Gasteiger partial charge in [0.05, 0.1) is 26.3 Å². The first-order valence-corrected chi connectivity index (χ1v) is 8.25. The van der Waals surface area contributed by atoms with Gasteiger partial charge in [-0.15, -0.1) is 11.3 Å². The van der Waals surface area contributed by atoms with Gasteiger partial charge in [0.2, 0.25) is 0 Å². The Kier molecular flexibility index (Phi) is 4.18. The third kappa shape index (κ3) is 3.00. The van der Waals surface area contributed by atoms with Gasteiger partial charge in [0.15, 0.2) is 0 Å². The van der Waals surface area contributed by atoms with Crippen LogP contribution in [0.3, 0.4) is 0 Å². The van der Waals surface area contributed by atoms with Crippen LogP contribution in [0.4, 0.5) is 0 Å². The molecule has 0 spiro atoms. The molecular formula is C16H16ClN3OS. The summed E-state index contributed by atoms with van der Waals surface area (Å²) in [6.45, 7) is 4.11. The topological polar surface area (TPSA) is 57.8 Å². The van der Waals surface area contributed by atoms with Gasteiger partial charge in [-0.25, -0.2) is 4.98 Å². The second-order valence-electron chi connectivity index (χ2n) is 5.44. The largest absolute Gasteiger partial charge is 0.341 e. The molecule has 22 heavy (non-hydrogen) atoms. The Morgan fingerprint density at radius 3 is 2.68 bits per heavy atom. The Balaban J connectivity index is 1.88. The summed E-state index contributed by atoms with van der Waals surface area (Å²) in [7, 11) is 0. The molecule has 0 aliphatic rings. The van der Waals surface area contributed by atoms with Crippen LogP contribution < -0.4 is 5.32 Å². The summed E-state index contributed by atoms with van der Waals surface area (Å²) in [6, 6.07) is 11.1. The number of H-pyrrole nitrogens is 1. The van der Waals surface area contributed by atoms with Crippen LogP contribution >= 0.6 is 22.9 Å². The zero-order chi connectivity index (χ0) is 15.7. The zero-order valence-corrected chi connectivity index (χ0v) is 13.8. The highest BCUT2D eigenvalue weighted by Crippen LogP contribution is 2.25. The summed E-state index contributed by atoms with van der Waals surface area (Å²) in [5.74, 6) is 0.850. The van der Waals surface area contributed by atoms with Crippen LogP contribution in [0.1, 0.15) is 35.4 Å². The van der Waals surface area contributed by atoms with Crippen LogP contribution in [0.15, 0.2) is 36.4 Å². The second-order valence-corrected chi connectivity index (χ2v) is 7.15. The molecule has 1 unspecified atom stereocenters. The number of fused-ring (bicyclic) bond motifs is 1. The van der Waals surface area contributed by atoms with Crippen LogP contribution in [0, 0.1) is 5.92 Å². The molecule has 0 fully saturated rings. The number of nitrogens with zero attached hydrogens (tertiary/aromatic N) is 1. The Hall–Kier alpha value is -1.85. The number of thiophene rings is 1. The summed E-state index contributed by atoms with van der Waals surface area (Å²) in [4.78, 5) is 20.8. The first-order chi connectivity index (χ1) is 10.5. The van der Waals surface area contributed by atoms with E-state index < -0.39 is 0 Å². The van der Waals surface area contributed by atoms with Crippen molar-refractivity contribution >= 4 is 39.9 Å². The SMILES string of the molecule is CC(C)C(NC(=O)c1ccc(Cl)s1)c1nc2ccccc2[nH]1. The van der Waals surface area contributed by atoms with Gasteiger partial charge in [-0.3, -0.25) is 4.79 Å². The number of hydrogen-bond acceptors (Lipinski definition) is 3. The number of aromatic amines is 1. The fourth-order valence-electron chi connectivity index (χ4n) is 2.32. The quantitative estimate of drug-likeness (QED) is 0.743. The van der Waals surface area contributed by atoms with Crippen molar-refractivity contribution < 1.29 is 4.79 Å². The summed E-state index contributed by atoms with van der Waals surface area (Å²) in [5.41, 5.74) is 1.87. The molecule has 1 atom stereocenters. The minimum absolute atomic E-state index is 0.129. The Morgan fingerprint density at radius 2 is 2.05 bits per heavy atom. The number of halogens is 1. The van der Waals surface area contributed by atoms with Gasteiger partial charge in [-0.2, -0.15) is 0 Å². The molecule has 0 saturated carbocycles.